The van der Waals surface area contributed by atoms with Gasteiger partial charge in [0, 0.05) is 41.4 Å². The van der Waals surface area contributed by atoms with E-state index in [4.69, 9.17) is 0 Å². The van der Waals surface area contributed by atoms with Gasteiger partial charge < -0.3 is 4.90 Å². The first-order chi connectivity index (χ1) is 9.66. The number of fused-ring (bicyclic) bond motifs is 1. The number of amides is 1. The van der Waals surface area contributed by atoms with E-state index in [1.54, 1.807) is 0 Å². The van der Waals surface area contributed by atoms with E-state index in [0.29, 0.717) is 6.54 Å². The largest absolute Gasteiger partial charge is 0.334 e. The van der Waals surface area contributed by atoms with Crippen LogP contribution in [0.5, 0.6) is 0 Å². The van der Waals surface area contributed by atoms with Gasteiger partial charge in [-0.2, -0.15) is 0 Å². The van der Waals surface area contributed by atoms with Crippen molar-refractivity contribution in [2.75, 3.05) is 6.54 Å². The molecular weight excluding hydrogens is 316 g/mol. The van der Waals surface area contributed by atoms with Crippen LogP contribution in [0.15, 0.2) is 41.0 Å². The summed E-state index contributed by atoms with van der Waals surface area (Å²) in [5, 5.41) is 0. The van der Waals surface area contributed by atoms with Crippen LogP contribution in [0.4, 0.5) is 0 Å². The molecule has 0 saturated carbocycles. The summed E-state index contributed by atoms with van der Waals surface area (Å²) in [6.07, 6.45) is 2.64. The molecule has 1 aliphatic heterocycles. The van der Waals surface area contributed by atoms with Crippen molar-refractivity contribution in [3.63, 3.8) is 0 Å². The van der Waals surface area contributed by atoms with Crippen LogP contribution < -0.4 is 0 Å². The lowest BCUT2D eigenvalue weighted by molar-refractivity contribution is 0.0732. The third kappa shape index (κ3) is 2.36. The molecule has 0 saturated heterocycles. The van der Waals surface area contributed by atoms with Crippen LogP contribution in [0.1, 0.15) is 27.2 Å². The predicted octanol–water partition coefficient (Wildman–Crippen LogP) is 3.35. The Kier molecular flexibility index (Phi) is 3.57. The predicted molar refractivity (Wildman–Crippen MR) is 81.6 cm³/mol. The first kappa shape index (κ1) is 13.3. The zero-order chi connectivity index (χ0) is 14.1. The van der Waals surface area contributed by atoms with E-state index in [1.165, 1.54) is 0 Å². The van der Waals surface area contributed by atoms with Gasteiger partial charge in [-0.3, -0.25) is 9.78 Å². The molecule has 0 bridgehead atoms. The van der Waals surface area contributed by atoms with Gasteiger partial charge in [-0.1, -0.05) is 28.1 Å². The summed E-state index contributed by atoms with van der Waals surface area (Å²) in [7, 11) is 0. The molecule has 1 aromatic heterocycles. The molecule has 1 amide bonds. The SMILES string of the molecule is Cc1c(Br)cccc1C(=O)N1CCc2ncccc2C1. The highest BCUT2D eigenvalue weighted by Gasteiger charge is 2.23. The lowest BCUT2D eigenvalue weighted by Crippen LogP contribution is -2.36. The Bertz CT molecular complexity index is 669. The van der Waals surface area contributed by atoms with Crippen molar-refractivity contribution >= 4 is 21.8 Å². The number of benzene rings is 1. The van der Waals surface area contributed by atoms with Crippen LogP contribution in [0.3, 0.4) is 0 Å². The molecule has 3 nitrogen and oxygen atoms in total. The number of carbonyl (C=O) groups is 1. The number of hydrogen-bond donors (Lipinski definition) is 0. The number of carbonyl (C=O) groups excluding carboxylic acids is 1. The summed E-state index contributed by atoms with van der Waals surface area (Å²) in [5.41, 5.74) is 4.03. The number of nitrogens with zero attached hydrogens (tertiary/aromatic N) is 2. The first-order valence-corrected chi connectivity index (χ1v) is 7.43. The fourth-order valence-corrected chi connectivity index (χ4v) is 2.91. The highest BCUT2D eigenvalue weighted by Crippen LogP contribution is 2.23. The Morgan fingerprint density at radius 2 is 2.15 bits per heavy atom. The lowest BCUT2D eigenvalue weighted by Gasteiger charge is -2.28. The average Bonchev–Trinajstić information content (AvgIpc) is 2.49. The summed E-state index contributed by atoms with van der Waals surface area (Å²) in [4.78, 5) is 18.9. The minimum atomic E-state index is 0.0957. The molecule has 1 aromatic carbocycles. The number of aromatic nitrogens is 1. The Balaban J connectivity index is 1.88. The Hall–Kier alpha value is -1.68. The normalized spacial score (nSPS) is 14.0. The number of pyridine rings is 1. The van der Waals surface area contributed by atoms with E-state index >= 15 is 0 Å². The molecular formula is C16H15BrN2O. The van der Waals surface area contributed by atoms with Crippen LogP contribution in [0, 0.1) is 6.92 Å². The van der Waals surface area contributed by atoms with Gasteiger partial charge >= 0.3 is 0 Å². The molecule has 0 unspecified atom stereocenters. The highest BCUT2D eigenvalue weighted by molar-refractivity contribution is 9.10. The third-order valence-electron chi connectivity index (χ3n) is 3.75. The molecule has 0 atom stereocenters. The van der Waals surface area contributed by atoms with Crippen molar-refractivity contribution in [3.8, 4) is 0 Å². The summed E-state index contributed by atoms with van der Waals surface area (Å²) in [5.74, 6) is 0.0957. The van der Waals surface area contributed by atoms with Gasteiger partial charge in [-0.15, -0.1) is 0 Å². The number of rotatable bonds is 1. The minimum Gasteiger partial charge on any atom is -0.334 e. The van der Waals surface area contributed by atoms with Crippen molar-refractivity contribution in [2.45, 2.75) is 19.9 Å². The molecule has 0 radical (unpaired) electrons. The van der Waals surface area contributed by atoms with Crippen LogP contribution in [-0.4, -0.2) is 22.3 Å². The number of hydrogen-bond acceptors (Lipinski definition) is 2. The summed E-state index contributed by atoms with van der Waals surface area (Å²) in [6.45, 7) is 3.35. The van der Waals surface area contributed by atoms with E-state index in [1.807, 2.05) is 42.3 Å². The maximum atomic E-state index is 12.7. The fraction of sp³-hybridized carbons (Fsp3) is 0.250. The molecule has 0 N–H and O–H groups in total. The molecule has 2 heterocycles. The Labute approximate surface area is 126 Å². The van der Waals surface area contributed by atoms with Crippen molar-refractivity contribution in [3.05, 3.63) is 63.4 Å². The van der Waals surface area contributed by atoms with Crippen LogP contribution in [0.25, 0.3) is 0 Å². The van der Waals surface area contributed by atoms with Gasteiger partial charge in [0.05, 0.1) is 0 Å². The molecule has 0 spiro atoms. The molecule has 0 aliphatic carbocycles. The molecule has 102 valence electrons. The summed E-state index contributed by atoms with van der Waals surface area (Å²) in [6, 6.07) is 9.74. The van der Waals surface area contributed by atoms with Gasteiger partial charge in [-0.25, -0.2) is 0 Å². The molecule has 1 aliphatic rings. The Morgan fingerprint density at radius 1 is 1.30 bits per heavy atom. The smallest absolute Gasteiger partial charge is 0.254 e. The van der Waals surface area contributed by atoms with Gasteiger partial charge in [-0.05, 0) is 36.2 Å². The van der Waals surface area contributed by atoms with Gasteiger partial charge in [0.25, 0.3) is 5.91 Å². The van der Waals surface area contributed by atoms with Crippen molar-refractivity contribution in [1.29, 1.82) is 0 Å². The number of halogens is 1. The van der Waals surface area contributed by atoms with E-state index in [-0.39, 0.29) is 5.91 Å². The van der Waals surface area contributed by atoms with Crippen LogP contribution in [0.2, 0.25) is 0 Å². The van der Waals surface area contributed by atoms with Gasteiger partial charge in [0.1, 0.15) is 0 Å². The average molecular weight is 331 g/mol. The quantitative estimate of drug-likeness (QED) is 0.803. The monoisotopic (exact) mass is 330 g/mol. The van der Waals surface area contributed by atoms with E-state index in [9.17, 15) is 4.79 Å². The Morgan fingerprint density at radius 3 is 3.00 bits per heavy atom. The van der Waals surface area contributed by atoms with E-state index < -0.39 is 0 Å². The van der Waals surface area contributed by atoms with Gasteiger partial charge in [0.15, 0.2) is 0 Å². The zero-order valence-electron chi connectivity index (χ0n) is 11.3. The second kappa shape index (κ2) is 5.37. The second-order valence-corrected chi connectivity index (χ2v) is 5.85. The van der Waals surface area contributed by atoms with Crippen LogP contribution in [-0.2, 0) is 13.0 Å². The van der Waals surface area contributed by atoms with Crippen molar-refractivity contribution < 1.29 is 4.79 Å². The maximum Gasteiger partial charge on any atom is 0.254 e. The van der Waals surface area contributed by atoms with Crippen molar-refractivity contribution in [1.82, 2.24) is 9.88 Å². The third-order valence-corrected chi connectivity index (χ3v) is 4.61. The highest BCUT2D eigenvalue weighted by atomic mass is 79.9. The second-order valence-electron chi connectivity index (χ2n) is 5.00. The van der Waals surface area contributed by atoms with Crippen molar-refractivity contribution in [2.24, 2.45) is 0 Å². The van der Waals surface area contributed by atoms with Gasteiger partial charge in [0.2, 0.25) is 0 Å². The minimum absolute atomic E-state index is 0.0957. The zero-order valence-corrected chi connectivity index (χ0v) is 12.9. The topological polar surface area (TPSA) is 33.2 Å². The lowest BCUT2D eigenvalue weighted by atomic mass is 10.0. The first-order valence-electron chi connectivity index (χ1n) is 6.64. The molecule has 0 fully saturated rings. The standard InChI is InChI=1S/C16H15BrN2O/c1-11-13(5-2-6-14(11)17)16(20)19-9-7-15-12(10-19)4-3-8-18-15/h2-6,8H,7,9-10H2,1H3. The fourth-order valence-electron chi connectivity index (χ4n) is 2.55. The van der Waals surface area contributed by atoms with E-state index in [0.717, 1.165) is 39.8 Å². The van der Waals surface area contributed by atoms with Crippen LogP contribution >= 0.6 is 15.9 Å². The molecule has 2 aromatic rings. The molecule has 3 rings (SSSR count). The maximum absolute atomic E-state index is 12.7. The summed E-state index contributed by atoms with van der Waals surface area (Å²) >= 11 is 3.48. The van der Waals surface area contributed by atoms with E-state index in [2.05, 4.69) is 27.0 Å². The molecule has 4 heteroatoms. The summed E-state index contributed by atoms with van der Waals surface area (Å²) < 4.78 is 0.974. The molecule has 20 heavy (non-hydrogen) atoms.